The lowest BCUT2D eigenvalue weighted by Gasteiger charge is -2.24. The van der Waals surface area contributed by atoms with E-state index in [9.17, 15) is 9.90 Å². The van der Waals surface area contributed by atoms with Crippen molar-refractivity contribution in [2.75, 3.05) is 0 Å². The van der Waals surface area contributed by atoms with Gasteiger partial charge in [-0.05, 0) is 17.7 Å². The lowest BCUT2D eigenvalue weighted by atomic mass is 10.1. The summed E-state index contributed by atoms with van der Waals surface area (Å²) in [7, 11) is 0. The Bertz CT molecular complexity index is 586. The van der Waals surface area contributed by atoms with Crippen molar-refractivity contribution in [2.24, 2.45) is 0 Å². The van der Waals surface area contributed by atoms with Crippen LogP contribution in [0.2, 0.25) is 0 Å². The van der Waals surface area contributed by atoms with E-state index in [4.69, 9.17) is 0 Å². The van der Waals surface area contributed by atoms with Crippen molar-refractivity contribution in [1.82, 2.24) is 9.88 Å². The molecule has 0 saturated carbocycles. The third-order valence-corrected chi connectivity index (χ3v) is 3.62. The molecule has 1 N–H and O–H groups in total. The maximum absolute atomic E-state index is 12.1. The van der Waals surface area contributed by atoms with E-state index in [-0.39, 0.29) is 11.9 Å². The van der Waals surface area contributed by atoms with Gasteiger partial charge in [-0.3, -0.25) is 9.78 Å². The summed E-state index contributed by atoms with van der Waals surface area (Å²) >= 11 is 0. The van der Waals surface area contributed by atoms with Gasteiger partial charge in [0, 0.05) is 19.2 Å². The number of carbonyl (C=O) groups is 1. The van der Waals surface area contributed by atoms with E-state index in [1.165, 1.54) is 0 Å². The predicted octanol–water partition coefficient (Wildman–Crippen LogP) is 1.92. The molecule has 20 heavy (non-hydrogen) atoms. The van der Waals surface area contributed by atoms with E-state index >= 15 is 0 Å². The van der Waals surface area contributed by atoms with Gasteiger partial charge in [-0.2, -0.15) is 0 Å². The molecule has 0 aliphatic carbocycles. The lowest BCUT2D eigenvalue weighted by molar-refractivity contribution is -0.136. The van der Waals surface area contributed by atoms with Crippen LogP contribution in [0.1, 0.15) is 23.7 Å². The van der Waals surface area contributed by atoms with E-state index in [1.807, 2.05) is 48.5 Å². The van der Waals surface area contributed by atoms with Gasteiger partial charge in [-0.25, -0.2) is 0 Å². The molecule has 1 aliphatic rings. The molecule has 1 fully saturated rings. The Hall–Kier alpha value is -2.20. The number of carbonyl (C=O) groups excluding carboxylic acids is 1. The van der Waals surface area contributed by atoms with Crippen molar-refractivity contribution in [2.45, 2.75) is 25.1 Å². The van der Waals surface area contributed by atoms with Crippen LogP contribution in [0, 0.1) is 0 Å². The van der Waals surface area contributed by atoms with E-state index < -0.39 is 6.10 Å². The topological polar surface area (TPSA) is 53.4 Å². The van der Waals surface area contributed by atoms with Crippen LogP contribution in [-0.2, 0) is 11.3 Å². The number of rotatable bonds is 3. The van der Waals surface area contributed by atoms with E-state index in [1.54, 1.807) is 11.1 Å². The average molecular weight is 268 g/mol. The standard InChI is InChI=1S/C16H16N2O2/c19-15-10-14(13-8-4-5-9-17-13)18(16(15)20)11-12-6-2-1-3-7-12/h1-9,14-15,19H,10-11H2/t14-,15-/m1/s1. The fourth-order valence-corrected chi connectivity index (χ4v) is 2.61. The maximum Gasteiger partial charge on any atom is 0.252 e. The third kappa shape index (κ3) is 2.42. The number of hydrogen-bond donors (Lipinski definition) is 1. The summed E-state index contributed by atoms with van der Waals surface area (Å²) in [4.78, 5) is 18.2. The molecule has 0 spiro atoms. The van der Waals surface area contributed by atoms with Crippen LogP contribution in [0.4, 0.5) is 0 Å². The van der Waals surface area contributed by atoms with Gasteiger partial charge in [0.25, 0.3) is 5.91 Å². The Balaban J connectivity index is 1.87. The molecular weight excluding hydrogens is 252 g/mol. The molecule has 0 radical (unpaired) electrons. The largest absolute Gasteiger partial charge is 0.383 e. The number of benzene rings is 1. The van der Waals surface area contributed by atoms with Crippen LogP contribution in [-0.4, -0.2) is 27.0 Å². The fraction of sp³-hybridized carbons (Fsp3) is 0.250. The number of aromatic nitrogens is 1. The lowest BCUT2D eigenvalue weighted by Crippen LogP contribution is -2.30. The third-order valence-electron chi connectivity index (χ3n) is 3.62. The first-order chi connectivity index (χ1) is 9.75. The molecule has 1 aliphatic heterocycles. The highest BCUT2D eigenvalue weighted by atomic mass is 16.3. The van der Waals surface area contributed by atoms with Gasteiger partial charge in [0.05, 0.1) is 11.7 Å². The average Bonchev–Trinajstić information content (AvgIpc) is 2.78. The molecule has 1 saturated heterocycles. The smallest absolute Gasteiger partial charge is 0.252 e. The molecule has 3 rings (SSSR count). The zero-order chi connectivity index (χ0) is 13.9. The van der Waals surface area contributed by atoms with Crippen LogP contribution in [0.15, 0.2) is 54.7 Å². The molecule has 4 nitrogen and oxygen atoms in total. The normalized spacial score (nSPS) is 22.2. The Morgan fingerprint density at radius 2 is 1.90 bits per heavy atom. The van der Waals surface area contributed by atoms with Crippen LogP contribution in [0.5, 0.6) is 0 Å². The second-order valence-electron chi connectivity index (χ2n) is 4.97. The maximum atomic E-state index is 12.1. The molecule has 1 aromatic heterocycles. The van der Waals surface area contributed by atoms with Crippen LogP contribution >= 0.6 is 0 Å². The van der Waals surface area contributed by atoms with Crippen molar-refractivity contribution in [3.05, 3.63) is 66.0 Å². The first-order valence-electron chi connectivity index (χ1n) is 6.69. The Morgan fingerprint density at radius 1 is 1.15 bits per heavy atom. The van der Waals surface area contributed by atoms with E-state index in [0.29, 0.717) is 13.0 Å². The number of aliphatic hydroxyl groups is 1. The van der Waals surface area contributed by atoms with Crippen molar-refractivity contribution in [3.63, 3.8) is 0 Å². The first kappa shape index (κ1) is 12.8. The summed E-state index contributed by atoms with van der Waals surface area (Å²) in [5, 5.41) is 9.86. The highest BCUT2D eigenvalue weighted by molar-refractivity contribution is 5.83. The van der Waals surface area contributed by atoms with Crippen molar-refractivity contribution >= 4 is 5.91 Å². The van der Waals surface area contributed by atoms with Gasteiger partial charge in [0.15, 0.2) is 0 Å². The molecular formula is C16H16N2O2. The number of pyridine rings is 1. The predicted molar refractivity (Wildman–Crippen MR) is 74.6 cm³/mol. The van der Waals surface area contributed by atoms with Crippen molar-refractivity contribution in [3.8, 4) is 0 Å². The summed E-state index contributed by atoms with van der Waals surface area (Å²) in [6.45, 7) is 0.498. The molecule has 4 heteroatoms. The number of likely N-dealkylation sites (tertiary alicyclic amines) is 1. The minimum Gasteiger partial charge on any atom is -0.383 e. The Labute approximate surface area is 117 Å². The zero-order valence-electron chi connectivity index (χ0n) is 11.0. The van der Waals surface area contributed by atoms with Crippen LogP contribution in [0.25, 0.3) is 0 Å². The molecule has 2 atom stereocenters. The van der Waals surface area contributed by atoms with Crippen molar-refractivity contribution < 1.29 is 9.90 Å². The zero-order valence-corrected chi connectivity index (χ0v) is 11.0. The minimum absolute atomic E-state index is 0.154. The summed E-state index contributed by atoms with van der Waals surface area (Å²) in [5.74, 6) is -0.218. The molecule has 2 heterocycles. The second kappa shape index (κ2) is 5.43. The highest BCUT2D eigenvalue weighted by Gasteiger charge is 2.39. The number of hydrogen-bond acceptors (Lipinski definition) is 3. The quantitative estimate of drug-likeness (QED) is 0.925. The van der Waals surface area contributed by atoms with Crippen LogP contribution in [0.3, 0.4) is 0 Å². The van der Waals surface area contributed by atoms with E-state index in [2.05, 4.69) is 4.98 Å². The fourth-order valence-electron chi connectivity index (χ4n) is 2.61. The summed E-state index contributed by atoms with van der Waals surface area (Å²) in [6, 6.07) is 15.3. The first-order valence-corrected chi connectivity index (χ1v) is 6.69. The summed E-state index contributed by atoms with van der Waals surface area (Å²) in [5.41, 5.74) is 1.88. The van der Waals surface area contributed by atoms with Crippen molar-refractivity contribution in [1.29, 1.82) is 0 Å². The number of nitrogens with zero attached hydrogens (tertiary/aromatic N) is 2. The van der Waals surface area contributed by atoms with Gasteiger partial charge in [0.1, 0.15) is 6.10 Å². The SMILES string of the molecule is O=C1[C@H](O)C[C@H](c2ccccn2)N1Cc1ccccc1. The molecule has 0 unspecified atom stereocenters. The molecule has 2 aromatic rings. The van der Waals surface area contributed by atoms with Gasteiger partial charge in [0.2, 0.25) is 0 Å². The highest BCUT2D eigenvalue weighted by Crippen LogP contribution is 2.33. The molecule has 102 valence electrons. The summed E-state index contributed by atoms with van der Waals surface area (Å²) < 4.78 is 0. The molecule has 0 bridgehead atoms. The second-order valence-corrected chi connectivity index (χ2v) is 4.97. The monoisotopic (exact) mass is 268 g/mol. The van der Waals surface area contributed by atoms with Gasteiger partial charge in [-0.15, -0.1) is 0 Å². The Morgan fingerprint density at radius 3 is 2.60 bits per heavy atom. The molecule has 1 aromatic carbocycles. The van der Waals surface area contributed by atoms with Crippen LogP contribution < -0.4 is 0 Å². The van der Waals surface area contributed by atoms with Gasteiger partial charge >= 0.3 is 0 Å². The van der Waals surface area contributed by atoms with Gasteiger partial charge < -0.3 is 10.0 Å². The Kier molecular flexibility index (Phi) is 3.48. The number of amides is 1. The summed E-state index contributed by atoms with van der Waals surface area (Å²) in [6.07, 6.45) is 1.19. The number of aliphatic hydroxyl groups excluding tert-OH is 1. The molecule has 1 amide bonds. The minimum atomic E-state index is -0.925. The van der Waals surface area contributed by atoms with Gasteiger partial charge in [-0.1, -0.05) is 36.4 Å². The van der Waals surface area contributed by atoms with E-state index in [0.717, 1.165) is 11.3 Å².